The van der Waals surface area contributed by atoms with Crippen LogP contribution in [0.25, 0.3) is 0 Å². The Hall–Kier alpha value is -2.24. The van der Waals surface area contributed by atoms with Crippen LogP contribution < -0.4 is 15.4 Å². The molecule has 3 N–H and O–H groups in total. The molecular formula is C15H18N2O4. The van der Waals surface area contributed by atoms with Gasteiger partial charge in [0.05, 0.1) is 16.7 Å². The van der Waals surface area contributed by atoms with E-state index >= 15 is 0 Å². The number of fused-ring (bicyclic) bond motifs is 1. The summed E-state index contributed by atoms with van der Waals surface area (Å²) in [6.07, 6.45) is 2.14. The van der Waals surface area contributed by atoms with Crippen molar-refractivity contribution in [1.29, 1.82) is 0 Å². The van der Waals surface area contributed by atoms with E-state index in [0.717, 1.165) is 12.1 Å². The summed E-state index contributed by atoms with van der Waals surface area (Å²) >= 11 is 0. The van der Waals surface area contributed by atoms with E-state index in [2.05, 4.69) is 10.6 Å². The predicted octanol–water partition coefficient (Wildman–Crippen LogP) is 1.48. The van der Waals surface area contributed by atoms with Gasteiger partial charge < -0.3 is 20.5 Å². The van der Waals surface area contributed by atoms with Crippen LogP contribution in [0.3, 0.4) is 0 Å². The van der Waals surface area contributed by atoms with Gasteiger partial charge >= 0.3 is 5.97 Å². The van der Waals surface area contributed by atoms with Crippen LogP contribution in [-0.4, -0.2) is 36.7 Å². The lowest BCUT2D eigenvalue weighted by atomic mass is 9.69. The Morgan fingerprint density at radius 1 is 1.38 bits per heavy atom. The zero-order valence-corrected chi connectivity index (χ0v) is 11.6. The van der Waals surface area contributed by atoms with E-state index < -0.39 is 11.4 Å². The van der Waals surface area contributed by atoms with E-state index in [1.807, 2.05) is 6.07 Å². The number of anilines is 1. The Kier molecular flexibility index (Phi) is 3.45. The molecule has 0 radical (unpaired) electrons. The summed E-state index contributed by atoms with van der Waals surface area (Å²) < 4.78 is 5.56. The topological polar surface area (TPSA) is 87.7 Å². The highest BCUT2D eigenvalue weighted by molar-refractivity contribution is 5.99. The average Bonchev–Trinajstić information content (AvgIpc) is 2.45. The summed E-state index contributed by atoms with van der Waals surface area (Å²) in [5.74, 6) is -0.579. The lowest BCUT2D eigenvalue weighted by Gasteiger charge is -2.37. The lowest BCUT2D eigenvalue weighted by Crippen LogP contribution is -2.47. The number of nitrogens with one attached hydrogen (secondary N) is 2. The van der Waals surface area contributed by atoms with E-state index in [1.165, 1.54) is 0 Å². The number of hydrogen-bond donors (Lipinski definition) is 3. The Bertz CT molecular complexity index is 581. The number of carbonyl (C=O) groups is 2. The number of carbonyl (C=O) groups excluding carboxylic acids is 1. The van der Waals surface area contributed by atoms with Crippen LogP contribution in [0.5, 0.6) is 5.75 Å². The number of para-hydroxylation sites is 1. The van der Waals surface area contributed by atoms with Gasteiger partial charge in [0.1, 0.15) is 6.61 Å². The molecule has 0 unspecified atom stereocenters. The highest BCUT2D eigenvalue weighted by atomic mass is 16.5. The average molecular weight is 290 g/mol. The van der Waals surface area contributed by atoms with Gasteiger partial charge in [-0.3, -0.25) is 9.59 Å². The van der Waals surface area contributed by atoms with E-state index in [4.69, 9.17) is 4.74 Å². The minimum Gasteiger partial charge on any atom is -0.489 e. The maximum absolute atomic E-state index is 12.3. The fourth-order valence-electron chi connectivity index (χ4n) is 2.76. The van der Waals surface area contributed by atoms with Crippen molar-refractivity contribution in [3.63, 3.8) is 0 Å². The van der Waals surface area contributed by atoms with Gasteiger partial charge in [-0.2, -0.15) is 0 Å². The highest BCUT2D eigenvalue weighted by Gasteiger charge is 2.44. The number of ether oxygens (including phenoxy) is 1. The molecule has 0 aromatic heterocycles. The second-order valence-electron chi connectivity index (χ2n) is 5.58. The fraction of sp³-hybridized carbons (Fsp3) is 0.467. The molecule has 1 fully saturated rings. The molecule has 0 bridgehead atoms. The minimum absolute atomic E-state index is 0.165. The van der Waals surface area contributed by atoms with Gasteiger partial charge in [0.15, 0.2) is 5.75 Å². The van der Waals surface area contributed by atoms with Crippen LogP contribution in [0.2, 0.25) is 0 Å². The molecule has 1 aliphatic carbocycles. The van der Waals surface area contributed by atoms with E-state index in [1.54, 1.807) is 12.1 Å². The number of amides is 1. The Balaban J connectivity index is 1.73. The molecule has 2 aliphatic rings. The lowest BCUT2D eigenvalue weighted by molar-refractivity contribution is -0.153. The Morgan fingerprint density at radius 2 is 2.19 bits per heavy atom. The van der Waals surface area contributed by atoms with Crippen LogP contribution in [0.1, 0.15) is 29.6 Å². The molecule has 1 aromatic rings. The molecule has 0 saturated heterocycles. The molecule has 3 rings (SSSR count). The van der Waals surface area contributed by atoms with Crippen molar-refractivity contribution in [1.82, 2.24) is 5.32 Å². The SMILES string of the molecule is O=C(NCC1(C(=O)O)CCC1)c1cccc2c1OCCN2. The number of benzene rings is 1. The van der Waals surface area contributed by atoms with Crippen LogP contribution in [0.15, 0.2) is 18.2 Å². The molecule has 0 atom stereocenters. The Labute approximate surface area is 122 Å². The van der Waals surface area contributed by atoms with Crippen molar-refractivity contribution in [3.05, 3.63) is 23.8 Å². The van der Waals surface area contributed by atoms with Crippen molar-refractivity contribution < 1.29 is 19.4 Å². The minimum atomic E-state index is -0.831. The number of aliphatic carboxylic acids is 1. The largest absolute Gasteiger partial charge is 0.489 e. The first-order valence-electron chi connectivity index (χ1n) is 7.14. The normalized spacial score (nSPS) is 18.5. The predicted molar refractivity (Wildman–Crippen MR) is 76.7 cm³/mol. The van der Waals surface area contributed by atoms with Crippen molar-refractivity contribution in [2.24, 2.45) is 5.41 Å². The van der Waals surface area contributed by atoms with Gasteiger partial charge in [0.25, 0.3) is 5.91 Å². The quantitative estimate of drug-likeness (QED) is 0.781. The number of carboxylic acid groups (broad SMARTS) is 1. The molecule has 1 saturated carbocycles. The standard InChI is InChI=1S/C15H18N2O4/c18-13(17-9-15(14(19)20)5-2-6-15)10-3-1-4-11-12(10)21-8-7-16-11/h1,3-4,16H,2,5-9H2,(H,17,18)(H,19,20). The number of carboxylic acids is 1. The van der Waals surface area contributed by atoms with E-state index in [9.17, 15) is 14.7 Å². The van der Waals surface area contributed by atoms with E-state index in [0.29, 0.717) is 37.3 Å². The summed E-state index contributed by atoms with van der Waals surface area (Å²) in [5, 5.41) is 15.2. The van der Waals surface area contributed by atoms with Crippen molar-refractivity contribution in [2.75, 3.05) is 25.0 Å². The van der Waals surface area contributed by atoms with Crippen molar-refractivity contribution >= 4 is 17.6 Å². The highest BCUT2D eigenvalue weighted by Crippen LogP contribution is 2.40. The van der Waals surface area contributed by atoms with Crippen LogP contribution in [-0.2, 0) is 4.79 Å². The maximum atomic E-state index is 12.3. The molecular weight excluding hydrogens is 272 g/mol. The van der Waals surface area contributed by atoms with Gasteiger partial charge in [0.2, 0.25) is 0 Å². The third-order valence-electron chi connectivity index (χ3n) is 4.28. The molecule has 21 heavy (non-hydrogen) atoms. The van der Waals surface area contributed by atoms with Crippen molar-refractivity contribution in [3.8, 4) is 5.75 Å². The van der Waals surface area contributed by atoms with Gasteiger partial charge in [0, 0.05) is 13.1 Å². The first-order chi connectivity index (χ1) is 10.1. The molecule has 6 nitrogen and oxygen atoms in total. The zero-order chi connectivity index (χ0) is 14.9. The van der Waals surface area contributed by atoms with E-state index in [-0.39, 0.29) is 12.5 Å². The smallest absolute Gasteiger partial charge is 0.311 e. The fourth-order valence-corrected chi connectivity index (χ4v) is 2.76. The van der Waals surface area contributed by atoms with Gasteiger partial charge in [-0.05, 0) is 25.0 Å². The van der Waals surface area contributed by atoms with Gasteiger partial charge in [-0.25, -0.2) is 0 Å². The molecule has 0 spiro atoms. The van der Waals surface area contributed by atoms with Gasteiger partial charge in [-0.1, -0.05) is 12.5 Å². The molecule has 1 aromatic carbocycles. The summed E-state index contributed by atoms with van der Waals surface area (Å²) in [4.78, 5) is 23.6. The zero-order valence-electron chi connectivity index (χ0n) is 11.6. The van der Waals surface area contributed by atoms with Crippen molar-refractivity contribution in [2.45, 2.75) is 19.3 Å². The molecule has 112 valence electrons. The molecule has 6 heteroatoms. The summed E-state index contributed by atoms with van der Waals surface area (Å²) in [6.45, 7) is 1.38. The monoisotopic (exact) mass is 290 g/mol. The number of rotatable bonds is 4. The van der Waals surface area contributed by atoms with Crippen LogP contribution in [0.4, 0.5) is 5.69 Å². The third-order valence-corrected chi connectivity index (χ3v) is 4.28. The number of hydrogen-bond acceptors (Lipinski definition) is 4. The third kappa shape index (κ3) is 2.41. The molecule has 1 heterocycles. The van der Waals surface area contributed by atoms with Gasteiger partial charge in [-0.15, -0.1) is 0 Å². The van der Waals surface area contributed by atoms with Crippen LogP contribution >= 0.6 is 0 Å². The Morgan fingerprint density at radius 3 is 2.86 bits per heavy atom. The maximum Gasteiger partial charge on any atom is 0.311 e. The summed E-state index contributed by atoms with van der Waals surface area (Å²) in [6, 6.07) is 5.33. The summed E-state index contributed by atoms with van der Waals surface area (Å²) in [7, 11) is 0. The van der Waals surface area contributed by atoms with Crippen LogP contribution in [0, 0.1) is 5.41 Å². The second-order valence-corrected chi connectivity index (χ2v) is 5.58. The second kappa shape index (κ2) is 5.27. The molecule has 1 aliphatic heterocycles. The summed E-state index contributed by atoms with van der Waals surface area (Å²) in [5.41, 5.74) is 0.453. The first-order valence-corrected chi connectivity index (χ1v) is 7.14. The first kappa shape index (κ1) is 13.7. The molecule has 1 amide bonds.